The van der Waals surface area contributed by atoms with Crippen molar-refractivity contribution in [3.63, 3.8) is 0 Å². The molecule has 11 heteroatoms. The summed E-state index contributed by atoms with van der Waals surface area (Å²) >= 11 is 0. The molecule has 2 heterocycles. The maximum atomic E-state index is 13.5. The van der Waals surface area contributed by atoms with Crippen LogP contribution >= 0.6 is 0 Å². The summed E-state index contributed by atoms with van der Waals surface area (Å²) in [4.78, 5) is 31.1. The number of alkyl halides is 3. The lowest BCUT2D eigenvalue weighted by Crippen LogP contribution is -2.45. The first kappa shape index (κ1) is 30.2. The van der Waals surface area contributed by atoms with Crippen LogP contribution in [0.2, 0.25) is 0 Å². The number of nitrogens with one attached hydrogen (secondary N) is 1. The second-order valence-electron chi connectivity index (χ2n) is 10.6. The zero-order valence-electron chi connectivity index (χ0n) is 24.0. The average molecular weight is 598 g/mol. The average Bonchev–Trinajstić information content (AvgIpc) is 3.00. The standard InChI is InChI=1S/C32H34F3N3O5/c1-3-23-19-38(31(40)37-26-8-6-5-7-25(26)32(33,34)35)27-15-11-21(17-28(27)42-23)22-12-16-29(36-18-22)43-24-13-9-20(10-14-24)30(39)41-4-2/h5-8,11-12,15-18,20,23-24H,3-4,9-10,13-14,19H2,1-2H3,(H,37,40). The fourth-order valence-electron chi connectivity index (χ4n) is 5.42. The molecule has 1 aromatic heterocycles. The molecule has 0 spiro atoms. The van der Waals surface area contributed by atoms with Gasteiger partial charge in [-0.25, -0.2) is 9.78 Å². The Bertz CT molecular complexity index is 1440. The van der Waals surface area contributed by atoms with Gasteiger partial charge in [-0.15, -0.1) is 0 Å². The molecule has 1 fully saturated rings. The SMILES string of the molecule is CCOC(=O)C1CCC(Oc2ccc(-c3ccc4c(c3)OC(CC)CN4C(=O)Nc3ccccc3C(F)(F)F)cn2)CC1. The third kappa shape index (κ3) is 7.03. The lowest BCUT2D eigenvalue weighted by Gasteiger charge is -2.35. The predicted octanol–water partition coefficient (Wildman–Crippen LogP) is 7.48. The van der Waals surface area contributed by atoms with E-state index in [2.05, 4.69) is 10.3 Å². The lowest BCUT2D eigenvalue weighted by molar-refractivity contribution is -0.149. The van der Waals surface area contributed by atoms with Crippen molar-refractivity contribution >= 4 is 23.4 Å². The van der Waals surface area contributed by atoms with Gasteiger partial charge in [-0.2, -0.15) is 13.2 Å². The van der Waals surface area contributed by atoms with Gasteiger partial charge < -0.3 is 19.5 Å². The van der Waals surface area contributed by atoms with Gasteiger partial charge in [0.15, 0.2) is 0 Å². The van der Waals surface area contributed by atoms with Crippen LogP contribution in [0.25, 0.3) is 11.1 Å². The van der Waals surface area contributed by atoms with Crippen molar-refractivity contribution < 1.29 is 37.0 Å². The lowest BCUT2D eigenvalue weighted by atomic mass is 9.87. The molecular weight excluding hydrogens is 563 g/mol. The molecular formula is C32H34F3N3O5. The molecule has 2 aliphatic rings. The number of hydrogen-bond donors (Lipinski definition) is 1. The summed E-state index contributed by atoms with van der Waals surface area (Å²) in [5.74, 6) is 0.726. The van der Waals surface area contributed by atoms with Gasteiger partial charge in [-0.05, 0) is 74.9 Å². The largest absolute Gasteiger partial charge is 0.486 e. The highest BCUT2D eigenvalue weighted by Gasteiger charge is 2.35. The molecule has 2 amide bonds. The van der Waals surface area contributed by atoms with Gasteiger partial charge in [0, 0.05) is 17.8 Å². The number of rotatable bonds is 7. The molecule has 0 saturated heterocycles. The van der Waals surface area contributed by atoms with Crippen molar-refractivity contribution in [3.8, 4) is 22.8 Å². The number of amides is 2. The van der Waals surface area contributed by atoms with E-state index >= 15 is 0 Å². The number of pyridine rings is 1. The summed E-state index contributed by atoms with van der Waals surface area (Å²) in [5, 5.41) is 2.44. The first-order valence-electron chi connectivity index (χ1n) is 14.5. The number of anilines is 2. The molecule has 0 radical (unpaired) electrons. The van der Waals surface area contributed by atoms with Crippen molar-refractivity contribution in [2.75, 3.05) is 23.4 Å². The normalized spacial score (nSPS) is 20.0. The van der Waals surface area contributed by atoms with Crippen molar-refractivity contribution in [2.45, 2.75) is 64.3 Å². The van der Waals surface area contributed by atoms with E-state index in [0.29, 0.717) is 30.3 Å². The minimum atomic E-state index is -4.61. The summed E-state index contributed by atoms with van der Waals surface area (Å²) in [6, 6.07) is 13.2. The topological polar surface area (TPSA) is 90.0 Å². The molecule has 8 nitrogen and oxygen atoms in total. The predicted molar refractivity (Wildman–Crippen MR) is 155 cm³/mol. The smallest absolute Gasteiger partial charge is 0.418 e. The maximum absolute atomic E-state index is 13.5. The Morgan fingerprint density at radius 2 is 1.77 bits per heavy atom. The van der Waals surface area contributed by atoms with E-state index in [-0.39, 0.29) is 36.3 Å². The zero-order valence-corrected chi connectivity index (χ0v) is 24.0. The van der Waals surface area contributed by atoms with Gasteiger partial charge in [-0.3, -0.25) is 9.69 Å². The number of benzene rings is 2. The molecule has 43 heavy (non-hydrogen) atoms. The summed E-state index contributed by atoms with van der Waals surface area (Å²) in [5.41, 5.74) is 0.842. The Morgan fingerprint density at radius 1 is 1.02 bits per heavy atom. The van der Waals surface area contributed by atoms with E-state index < -0.39 is 17.8 Å². The fourth-order valence-corrected chi connectivity index (χ4v) is 5.42. The van der Waals surface area contributed by atoms with E-state index in [1.54, 1.807) is 31.3 Å². The van der Waals surface area contributed by atoms with Crippen LogP contribution in [0.1, 0.15) is 51.5 Å². The fraction of sp³-hybridized carbons (Fsp3) is 0.406. The number of nitrogens with zero attached hydrogens (tertiary/aromatic N) is 2. The van der Waals surface area contributed by atoms with E-state index in [9.17, 15) is 22.8 Å². The number of hydrogen-bond acceptors (Lipinski definition) is 6. The molecule has 5 rings (SSSR count). The van der Waals surface area contributed by atoms with E-state index in [4.69, 9.17) is 14.2 Å². The highest BCUT2D eigenvalue weighted by atomic mass is 19.4. The molecule has 2 aromatic carbocycles. The number of fused-ring (bicyclic) bond motifs is 1. The highest BCUT2D eigenvalue weighted by molar-refractivity contribution is 6.03. The van der Waals surface area contributed by atoms with Crippen molar-refractivity contribution in [1.29, 1.82) is 0 Å². The zero-order chi connectivity index (χ0) is 30.6. The number of ether oxygens (including phenoxy) is 3. The summed E-state index contributed by atoms with van der Waals surface area (Å²) in [7, 11) is 0. The molecule has 1 saturated carbocycles. The number of esters is 1. The van der Waals surface area contributed by atoms with E-state index in [0.717, 1.165) is 42.9 Å². The molecule has 228 valence electrons. The number of halogens is 3. The second kappa shape index (κ2) is 12.9. The number of aromatic nitrogens is 1. The third-order valence-corrected chi connectivity index (χ3v) is 7.76. The number of urea groups is 1. The van der Waals surface area contributed by atoms with Crippen LogP contribution in [0.15, 0.2) is 60.8 Å². The summed E-state index contributed by atoms with van der Waals surface area (Å²) in [6.07, 6.45) is 0.275. The third-order valence-electron chi connectivity index (χ3n) is 7.76. The van der Waals surface area contributed by atoms with Crippen LogP contribution in [0, 0.1) is 5.92 Å². The molecule has 0 bridgehead atoms. The van der Waals surface area contributed by atoms with Gasteiger partial charge in [0.2, 0.25) is 5.88 Å². The molecule has 1 N–H and O–H groups in total. The Morgan fingerprint density at radius 3 is 2.44 bits per heavy atom. The molecule has 3 aromatic rings. The van der Waals surface area contributed by atoms with Crippen molar-refractivity contribution in [3.05, 3.63) is 66.4 Å². The number of carbonyl (C=O) groups excluding carboxylic acids is 2. The van der Waals surface area contributed by atoms with Gasteiger partial charge in [-0.1, -0.05) is 25.1 Å². The van der Waals surface area contributed by atoms with Crippen LogP contribution in [-0.4, -0.2) is 42.3 Å². The Hall–Kier alpha value is -4.28. The quantitative estimate of drug-likeness (QED) is 0.284. The summed E-state index contributed by atoms with van der Waals surface area (Å²) in [6.45, 7) is 4.30. The highest BCUT2D eigenvalue weighted by Crippen LogP contribution is 2.39. The van der Waals surface area contributed by atoms with E-state index in [1.807, 2.05) is 19.1 Å². The van der Waals surface area contributed by atoms with Crippen LogP contribution in [0.5, 0.6) is 11.6 Å². The van der Waals surface area contributed by atoms with Crippen molar-refractivity contribution in [1.82, 2.24) is 4.98 Å². The number of para-hydroxylation sites is 1. The van der Waals surface area contributed by atoms with Gasteiger partial charge >= 0.3 is 18.2 Å². The molecule has 1 atom stereocenters. The monoisotopic (exact) mass is 597 g/mol. The van der Waals surface area contributed by atoms with Crippen LogP contribution in [0.3, 0.4) is 0 Å². The Labute approximate surface area is 248 Å². The second-order valence-corrected chi connectivity index (χ2v) is 10.6. The first-order valence-corrected chi connectivity index (χ1v) is 14.5. The first-order chi connectivity index (χ1) is 20.7. The molecule has 1 aliphatic heterocycles. The van der Waals surface area contributed by atoms with Crippen LogP contribution in [-0.2, 0) is 15.7 Å². The molecule has 1 aliphatic carbocycles. The summed E-state index contributed by atoms with van der Waals surface area (Å²) < 4.78 is 57.8. The minimum Gasteiger partial charge on any atom is -0.486 e. The maximum Gasteiger partial charge on any atom is 0.418 e. The van der Waals surface area contributed by atoms with Gasteiger partial charge in [0.25, 0.3) is 0 Å². The number of carbonyl (C=O) groups is 2. The van der Waals surface area contributed by atoms with Crippen LogP contribution < -0.4 is 19.7 Å². The van der Waals surface area contributed by atoms with Crippen LogP contribution in [0.4, 0.5) is 29.3 Å². The molecule has 1 unspecified atom stereocenters. The van der Waals surface area contributed by atoms with E-state index in [1.165, 1.54) is 23.1 Å². The van der Waals surface area contributed by atoms with Crippen molar-refractivity contribution in [2.24, 2.45) is 5.92 Å². The van der Waals surface area contributed by atoms with Gasteiger partial charge in [0.1, 0.15) is 18.0 Å². The Kier molecular flexibility index (Phi) is 9.08. The Balaban J connectivity index is 1.28. The minimum absolute atomic E-state index is 0.0209. The van der Waals surface area contributed by atoms with Gasteiger partial charge in [0.05, 0.1) is 36.0 Å².